The van der Waals surface area contributed by atoms with E-state index in [1.165, 1.54) is 24.0 Å². The van der Waals surface area contributed by atoms with Crippen molar-refractivity contribution in [3.63, 3.8) is 0 Å². The molecule has 0 atom stereocenters. The Morgan fingerprint density at radius 3 is 2.81 bits per heavy atom. The Kier molecular flexibility index (Phi) is 3.56. The molecule has 1 aromatic carbocycles. The Bertz CT molecular complexity index is 399. The first-order chi connectivity index (χ1) is 7.66. The van der Waals surface area contributed by atoms with Gasteiger partial charge in [-0.15, -0.1) is 0 Å². The molecule has 2 rings (SSSR count). The van der Waals surface area contributed by atoms with Gasteiger partial charge in [-0.1, -0.05) is 24.4 Å². The van der Waals surface area contributed by atoms with Crippen LogP contribution >= 0.6 is 12.2 Å². The number of ether oxygens (including phenoxy) is 1. The highest BCUT2D eigenvalue weighted by atomic mass is 32.1. The maximum atomic E-state index is 5.66. The zero-order valence-corrected chi connectivity index (χ0v) is 10.3. The summed E-state index contributed by atoms with van der Waals surface area (Å²) in [7, 11) is 0. The Morgan fingerprint density at radius 1 is 1.50 bits per heavy atom. The lowest BCUT2D eigenvalue weighted by Crippen LogP contribution is -2.10. The summed E-state index contributed by atoms with van der Waals surface area (Å²) in [5.74, 6) is 0.816. The molecule has 0 radical (unpaired) electrons. The van der Waals surface area contributed by atoms with Crippen molar-refractivity contribution in [2.24, 2.45) is 11.7 Å². The summed E-state index contributed by atoms with van der Waals surface area (Å²) in [6, 6.07) is 6.04. The van der Waals surface area contributed by atoms with Gasteiger partial charge in [-0.05, 0) is 42.9 Å². The fourth-order valence-electron chi connectivity index (χ4n) is 1.63. The summed E-state index contributed by atoms with van der Waals surface area (Å²) >= 11 is 4.94. The van der Waals surface area contributed by atoms with E-state index in [0.29, 0.717) is 11.6 Å². The van der Waals surface area contributed by atoms with Crippen molar-refractivity contribution >= 4 is 17.2 Å². The lowest BCUT2D eigenvalue weighted by Gasteiger charge is -2.08. The number of aryl methyl sites for hydroxylation is 1. The van der Waals surface area contributed by atoms with E-state index in [1.54, 1.807) is 0 Å². The smallest absolute Gasteiger partial charge is 0.103 e. The predicted molar refractivity (Wildman–Crippen MR) is 69.4 cm³/mol. The minimum Gasteiger partial charge on any atom is -0.389 e. The van der Waals surface area contributed by atoms with Crippen molar-refractivity contribution in [2.75, 3.05) is 6.61 Å². The second kappa shape index (κ2) is 4.93. The van der Waals surface area contributed by atoms with Gasteiger partial charge in [-0.25, -0.2) is 0 Å². The van der Waals surface area contributed by atoms with Gasteiger partial charge < -0.3 is 10.5 Å². The molecule has 86 valence electrons. The normalized spacial score (nSPS) is 15.1. The molecule has 0 spiro atoms. The third-order valence-corrected chi connectivity index (χ3v) is 3.17. The predicted octanol–water partition coefficient (Wildman–Crippen LogP) is 2.56. The van der Waals surface area contributed by atoms with Crippen LogP contribution < -0.4 is 5.73 Å². The van der Waals surface area contributed by atoms with Crippen LogP contribution in [0.25, 0.3) is 0 Å². The molecule has 2 N–H and O–H groups in total. The molecule has 0 amide bonds. The number of thiocarbonyl (C=S) groups is 1. The van der Waals surface area contributed by atoms with Crippen LogP contribution in [0.15, 0.2) is 18.2 Å². The van der Waals surface area contributed by atoms with Gasteiger partial charge in [-0.2, -0.15) is 0 Å². The summed E-state index contributed by atoms with van der Waals surface area (Å²) < 4.78 is 5.66. The van der Waals surface area contributed by atoms with Crippen molar-refractivity contribution in [1.29, 1.82) is 0 Å². The van der Waals surface area contributed by atoms with E-state index >= 15 is 0 Å². The molecule has 0 heterocycles. The van der Waals surface area contributed by atoms with E-state index in [-0.39, 0.29) is 0 Å². The molecule has 1 fully saturated rings. The molecular formula is C13H17NOS. The summed E-state index contributed by atoms with van der Waals surface area (Å²) in [5.41, 5.74) is 8.93. The van der Waals surface area contributed by atoms with Crippen LogP contribution in [0.5, 0.6) is 0 Å². The highest BCUT2D eigenvalue weighted by Gasteiger charge is 2.21. The molecule has 0 aromatic heterocycles. The molecule has 3 heteroatoms. The molecule has 0 unspecified atom stereocenters. The van der Waals surface area contributed by atoms with Crippen LogP contribution in [-0.4, -0.2) is 11.6 Å². The van der Waals surface area contributed by atoms with Gasteiger partial charge in [0.15, 0.2) is 0 Å². The Hall–Kier alpha value is -0.930. The molecular weight excluding hydrogens is 218 g/mol. The molecule has 0 bridgehead atoms. The minimum atomic E-state index is 0.452. The highest BCUT2D eigenvalue weighted by Crippen LogP contribution is 2.29. The quantitative estimate of drug-likeness (QED) is 0.797. The zero-order valence-electron chi connectivity index (χ0n) is 9.53. The van der Waals surface area contributed by atoms with Crippen molar-refractivity contribution in [1.82, 2.24) is 0 Å². The first-order valence-electron chi connectivity index (χ1n) is 5.64. The maximum absolute atomic E-state index is 5.66. The number of hydrogen-bond donors (Lipinski definition) is 1. The topological polar surface area (TPSA) is 35.2 Å². The average molecular weight is 235 g/mol. The van der Waals surface area contributed by atoms with Crippen molar-refractivity contribution in [3.8, 4) is 0 Å². The van der Waals surface area contributed by atoms with Crippen LogP contribution in [0.2, 0.25) is 0 Å². The Morgan fingerprint density at radius 2 is 2.25 bits per heavy atom. The minimum absolute atomic E-state index is 0.452. The first-order valence-corrected chi connectivity index (χ1v) is 6.04. The van der Waals surface area contributed by atoms with Crippen LogP contribution in [-0.2, 0) is 11.3 Å². The maximum Gasteiger partial charge on any atom is 0.103 e. The fourth-order valence-corrected chi connectivity index (χ4v) is 1.76. The van der Waals surface area contributed by atoms with Crippen LogP contribution in [0, 0.1) is 12.8 Å². The van der Waals surface area contributed by atoms with E-state index < -0.39 is 0 Å². The lowest BCUT2D eigenvalue weighted by atomic mass is 10.1. The summed E-state index contributed by atoms with van der Waals surface area (Å²) in [5, 5.41) is 0. The van der Waals surface area contributed by atoms with E-state index in [0.717, 1.165) is 18.1 Å². The summed E-state index contributed by atoms with van der Waals surface area (Å²) in [6.45, 7) is 3.66. The molecule has 0 saturated heterocycles. The highest BCUT2D eigenvalue weighted by molar-refractivity contribution is 7.80. The Labute approximate surface area is 102 Å². The second-order valence-electron chi connectivity index (χ2n) is 4.46. The van der Waals surface area contributed by atoms with Crippen LogP contribution in [0.4, 0.5) is 0 Å². The van der Waals surface area contributed by atoms with E-state index in [2.05, 4.69) is 13.0 Å². The molecule has 1 aliphatic rings. The van der Waals surface area contributed by atoms with Crippen molar-refractivity contribution in [3.05, 3.63) is 34.9 Å². The van der Waals surface area contributed by atoms with Crippen molar-refractivity contribution in [2.45, 2.75) is 26.4 Å². The van der Waals surface area contributed by atoms with E-state index in [1.807, 2.05) is 12.1 Å². The van der Waals surface area contributed by atoms with Gasteiger partial charge in [0.05, 0.1) is 6.61 Å². The molecule has 0 aliphatic heterocycles. The van der Waals surface area contributed by atoms with Gasteiger partial charge in [0.1, 0.15) is 4.99 Å². The summed E-state index contributed by atoms with van der Waals surface area (Å²) in [6.07, 6.45) is 2.67. The molecule has 1 saturated carbocycles. The zero-order chi connectivity index (χ0) is 11.5. The molecule has 16 heavy (non-hydrogen) atoms. The number of nitrogens with two attached hydrogens (primary N) is 1. The van der Waals surface area contributed by atoms with Gasteiger partial charge in [-0.3, -0.25) is 0 Å². The Balaban J connectivity index is 1.95. The molecule has 2 nitrogen and oxygen atoms in total. The van der Waals surface area contributed by atoms with Crippen LogP contribution in [0.1, 0.15) is 29.5 Å². The van der Waals surface area contributed by atoms with Crippen LogP contribution in [0.3, 0.4) is 0 Å². The van der Waals surface area contributed by atoms with Gasteiger partial charge in [0.2, 0.25) is 0 Å². The number of benzene rings is 1. The fraction of sp³-hybridized carbons (Fsp3) is 0.462. The summed E-state index contributed by atoms with van der Waals surface area (Å²) in [4.78, 5) is 0.452. The van der Waals surface area contributed by atoms with Gasteiger partial charge in [0.25, 0.3) is 0 Å². The number of rotatable bonds is 5. The molecule has 1 aromatic rings. The van der Waals surface area contributed by atoms with E-state index in [9.17, 15) is 0 Å². The van der Waals surface area contributed by atoms with Gasteiger partial charge >= 0.3 is 0 Å². The monoisotopic (exact) mass is 235 g/mol. The third kappa shape index (κ3) is 3.03. The standard InChI is InChI=1S/C13H17NOS/c1-9-6-11(13(14)16)4-5-12(9)8-15-7-10-2-3-10/h4-6,10H,2-3,7-8H2,1H3,(H2,14,16). The van der Waals surface area contributed by atoms with Crippen molar-refractivity contribution < 1.29 is 4.74 Å². The largest absolute Gasteiger partial charge is 0.389 e. The number of hydrogen-bond acceptors (Lipinski definition) is 2. The second-order valence-corrected chi connectivity index (χ2v) is 4.90. The first kappa shape index (κ1) is 11.6. The van der Waals surface area contributed by atoms with E-state index in [4.69, 9.17) is 22.7 Å². The van der Waals surface area contributed by atoms with Gasteiger partial charge in [0, 0.05) is 12.2 Å². The third-order valence-electron chi connectivity index (χ3n) is 2.94. The SMILES string of the molecule is Cc1cc(C(N)=S)ccc1COCC1CC1. The lowest BCUT2D eigenvalue weighted by molar-refractivity contribution is 0.111. The average Bonchev–Trinajstić information content (AvgIpc) is 3.04. The molecule has 1 aliphatic carbocycles.